The van der Waals surface area contributed by atoms with Crippen LogP contribution in [0.4, 0.5) is 11.6 Å². The third kappa shape index (κ3) is 5.62. The molecule has 6 nitrogen and oxygen atoms in total. The summed E-state index contributed by atoms with van der Waals surface area (Å²) in [5.41, 5.74) is 14.9. The lowest BCUT2D eigenvalue weighted by atomic mass is 9.89. The summed E-state index contributed by atoms with van der Waals surface area (Å²) in [5.74, 6) is 0.584. The Morgan fingerprint density at radius 2 is 1.26 bits per heavy atom. The van der Waals surface area contributed by atoms with Gasteiger partial charge in [-0.1, -0.05) is 78.9 Å². The molecule has 1 heterocycles. The fraction of sp³-hybridized carbons (Fsp3) is 0.148. The fourth-order valence-corrected chi connectivity index (χ4v) is 5.56. The SMILES string of the molecule is Nc1cc(C(CCN(Cc2ccccc2)S(=O)(=O)c2ccccc2)c2ccccc2)cc(N)n1. The first-order chi connectivity index (χ1) is 16.4. The Balaban J connectivity index is 1.68. The van der Waals surface area contributed by atoms with E-state index in [0.717, 1.165) is 16.7 Å². The van der Waals surface area contributed by atoms with Crippen LogP contribution in [0, 0.1) is 0 Å². The number of hydrogen-bond acceptors (Lipinski definition) is 5. The number of aromatic nitrogens is 1. The Hall–Kier alpha value is -3.68. The Morgan fingerprint density at radius 1 is 0.735 bits per heavy atom. The van der Waals surface area contributed by atoms with Gasteiger partial charge in [0.15, 0.2) is 0 Å². The molecule has 0 saturated heterocycles. The quantitative estimate of drug-likeness (QED) is 0.369. The van der Waals surface area contributed by atoms with Gasteiger partial charge >= 0.3 is 0 Å². The largest absolute Gasteiger partial charge is 0.384 e. The molecule has 4 N–H and O–H groups in total. The highest BCUT2D eigenvalue weighted by Gasteiger charge is 2.26. The Morgan fingerprint density at radius 3 is 1.85 bits per heavy atom. The zero-order valence-electron chi connectivity index (χ0n) is 18.8. The summed E-state index contributed by atoms with van der Waals surface area (Å²) in [5, 5.41) is 0. The number of anilines is 2. The third-order valence-corrected chi connectivity index (χ3v) is 7.60. The van der Waals surface area contributed by atoms with Crippen molar-refractivity contribution in [2.45, 2.75) is 23.8 Å². The molecule has 0 amide bonds. The van der Waals surface area contributed by atoms with Crippen LogP contribution < -0.4 is 11.5 Å². The van der Waals surface area contributed by atoms with Crippen molar-refractivity contribution in [2.75, 3.05) is 18.0 Å². The molecule has 0 fully saturated rings. The average molecular weight is 473 g/mol. The molecule has 1 aromatic heterocycles. The van der Waals surface area contributed by atoms with Gasteiger partial charge in [0.2, 0.25) is 10.0 Å². The second-order valence-corrected chi connectivity index (χ2v) is 10.1. The van der Waals surface area contributed by atoms with E-state index in [1.54, 1.807) is 40.7 Å². The average Bonchev–Trinajstić information content (AvgIpc) is 2.85. The van der Waals surface area contributed by atoms with E-state index in [2.05, 4.69) is 4.98 Å². The van der Waals surface area contributed by atoms with Gasteiger partial charge in [-0.05, 0) is 47.4 Å². The van der Waals surface area contributed by atoms with E-state index in [9.17, 15) is 8.42 Å². The summed E-state index contributed by atoms with van der Waals surface area (Å²) in [7, 11) is -3.70. The number of nitrogens with two attached hydrogens (primary N) is 2. The molecule has 7 heteroatoms. The molecule has 1 unspecified atom stereocenters. The number of sulfonamides is 1. The van der Waals surface area contributed by atoms with E-state index in [4.69, 9.17) is 11.5 Å². The maximum atomic E-state index is 13.6. The number of nitrogens with zero attached hydrogens (tertiary/aromatic N) is 2. The fourth-order valence-electron chi connectivity index (χ4n) is 4.10. The third-order valence-electron chi connectivity index (χ3n) is 5.74. The van der Waals surface area contributed by atoms with E-state index < -0.39 is 10.0 Å². The number of nitrogen functional groups attached to an aromatic ring is 2. The maximum absolute atomic E-state index is 13.6. The molecule has 174 valence electrons. The first-order valence-corrected chi connectivity index (χ1v) is 12.5. The lowest BCUT2D eigenvalue weighted by molar-refractivity contribution is 0.392. The van der Waals surface area contributed by atoms with Crippen molar-refractivity contribution in [3.63, 3.8) is 0 Å². The Bertz CT molecular complexity index is 1290. The molecule has 0 bridgehead atoms. The molecule has 34 heavy (non-hydrogen) atoms. The normalized spacial score (nSPS) is 12.5. The van der Waals surface area contributed by atoms with Crippen molar-refractivity contribution in [3.8, 4) is 0 Å². The summed E-state index contributed by atoms with van der Waals surface area (Å²) < 4.78 is 28.8. The van der Waals surface area contributed by atoms with Crippen LogP contribution in [-0.2, 0) is 16.6 Å². The first-order valence-electron chi connectivity index (χ1n) is 11.1. The molecule has 4 rings (SSSR count). The van der Waals surface area contributed by atoms with Crippen LogP contribution >= 0.6 is 0 Å². The molecular weight excluding hydrogens is 444 g/mol. The highest BCUT2D eigenvalue weighted by molar-refractivity contribution is 7.89. The molecule has 0 saturated carbocycles. The van der Waals surface area contributed by atoms with Crippen LogP contribution in [0.2, 0.25) is 0 Å². The molecule has 4 aromatic rings. The maximum Gasteiger partial charge on any atom is 0.243 e. The van der Waals surface area contributed by atoms with E-state index in [1.807, 2.05) is 66.7 Å². The minimum atomic E-state index is -3.70. The number of hydrogen-bond donors (Lipinski definition) is 2. The van der Waals surface area contributed by atoms with Crippen molar-refractivity contribution < 1.29 is 8.42 Å². The van der Waals surface area contributed by atoms with E-state index >= 15 is 0 Å². The summed E-state index contributed by atoms with van der Waals surface area (Å²) in [6.07, 6.45) is 0.547. The smallest absolute Gasteiger partial charge is 0.243 e. The van der Waals surface area contributed by atoms with Gasteiger partial charge in [0.05, 0.1) is 4.90 Å². The lowest BCUT2D eigenvalue weighted by Crippen LogP contribution is -2.32. The van der Waals surface area contributed by atoms with Crippen LogP contribution in [-0.4, -0.2) is 24.3 Å². The standard InChI is InChI=1S/C27H28N4O2S/c28-26-18-23(19-27(29)30-26)25(22-12-6-2-7-13-22)16-17-31(20-21-10-4-1-5-11-21)34(32,33)24-14-8-3-9-15-24/h1-15,18-19,25H,16-17,20H2,(H4,28,29,30). The second kappa shape index (κ2) is 10.5. The predicted octanol–water partition coefficient (Wildman–Crippen LogP) is 4.66. The van der Waals surface area contributed by atoms with Gasteiger partial charge < -0.3 is 11.5 Å². The summed E-state index contributed by atoms with van der Waals surface area (Å²) in [4.78, 5) is 4.37. The zero-order chi connectivity index (χ0) is 24.0. The monoisotopic (exact) mass is 472 g/mol. The van der Waals surface area contributed by atoms with E-state index in [0.29, 0.717) is 24.6 Å². The van der Waals surface area contributed by atoms with Crippen LogP contribution in [0.15, 0.2) is 108 Å². The van der Waals surface area contributed by atoms with Gasteiger partial charge in [-0.15, -0.1) is 0 Å². The topological polar surface area (TPSA) is 102 Å². The van der Waals surface area contributed by atoms with Gasteiger partial charge in [-0.3, -0.25) is 0 Å². The first kappa shape index (κ1) is 23.5. The lowest BCUT2D eigenvalue weighted by Gasteiger charge is -2.26. The van der Waals surface area contributed by atoms with Crippen molar-refractivity contribution in [1.82, 2.24) is 9.29 Å². The Labute approximate surface area is 200 Å². The molecule has 0 radical (unpaired) electrons. The second-order valence-electron chi connectivity index (χ2n) is 8.14. The Kier molecular flexibility index (Phi) is 7.25. The summed E-state index contributed by atoms with van der Waals surface area (Å²) in [6.45, 7) is 0.591. The van der Waals surface area contributed by atoms with Crippen molar-refractivity contribution in [2.24, 2.45) is 0 Å². The highest BCUT2D eigenvalue weighted by atomic mass is 32.2. The number of benzene rings is 3. The van der Waals surface area contributed by atoms with Gasteiger partial charge in [0, 0.05) is 19.0 Å². The molecule has 0 spiro atoms. The van der Waals surface area contributed by atoms with Crippen molar-refractivity contribution in [1.29, 1.82) is 0 Å². The zero-order valence-corrected chi connectivity index (χ0v) is 19.6. The van der Waals surface area contributed by atoms with Gasteiger partial charge in [0.1, 0.15) is 11.6 Å². The molecule has 0 aliphatic rings. The van der Waals surface area contributed by atoms with Crippen LogP contribution in [0.3, 0.4) is 0 Å². The minimum absolute atomic E-state index is 0.0990. The van der Waals surface area contributed by atoms with Gasteiger partial charge in [-0.2, -0.15) is 4.31 Å². The predicted molar refractivity (Wildman–Crippen MR) is 136 cm³/mol. The van der Waals surface area contributed by atoms with Gasteiger partial charge in [-0.25, -0.2) is 13.4 Å². The van der Waals surface area contributed by atoms with Crippen LogP contribution in [0.5, 0.6) is 0 Å². The summed E-state index contributed by atoms with van der Waals surface area (Å²) >= 11 is 0. The molecule has 0 aliphatic heterocycles. The van der Waals surface area contributed by atoms with E-state index in [-0.39, 0.29) is 17.4 Å². The number of pyridine rings is 1. The van der Waals surface area contributed by atoms with Crippen molar-refractivity contribution in [3.05, 3.63) is 120 Å². The molecular formula is C27H28N4O2S. The molecule has 3 aromatic carbocycles. The van der Waals surface area contributed by atoms with Gasteiger partial charge in [0.25, 0.3) is 0 Å². The van der Waals surface area contributed by atoms with Crippen LogP contribution in [0.25, 0.3) is 0 Å². The number of rotatable bonds is 9. The van der Waals surface area contributed by atoms with Crippen molar-refractivity contribution >= 4 is 21.7 Å². The molecule has 0 aliphatic carbocycles. The molecule has 1 atom stereocenters. The van der Waals surface area contributed by atoms with Crippen LogP contribution in [0.1, 0.15) is 29.0 Å². The summed E-state index contributed by atoms with van der Waals surface area (Å²) in [6, 6.07) is 31.7. The minimum Gasteiger partial charge on any atom is -0.384 e. The highest BCUT2D eigenvalue weighted by Crippen LogP contribution is 2.31. The van der Waals surface area contributed by atoms with E-state index in [1.165, 1.54) is 0 Å².